The van der Waals surface area contributed by atoms with Crippen LogP contribution in [0.5, 0.6) is 5.75 Å². The van der Waals surface area contributed by atoms with Gasteiger partial charge in [0.15, 0.2) is 0 Å². The minimum Gasteiger partial charge on any atom is -0.491 e. The fourth-order valence-corrected chi connectivity index (χ4v) is 3.31. The molecule has 27 heavy (non-hydrogen) atoms. The van der Waals surface area contributed by atoms with Gasteiger partial charge in [-0.1, -0.05) is 6.92 Å². The van der Waals surface area contributed by atoms with Crippen molar-refractivity contribution in [1.29, 1.82) is 0 Å². The Morgan fingerprint density at radius 2 is 2.00 bits per heavy atom. The van der Waals surface area contributed by atoms with Crippen LogP contribution in [0.15, 0.2) is 30.3 Å². The van der Waals surface area contributed by atoms with E-state index in [0.29, 0.717) is 23.3 Å². The highest BCUT2D eigenvalue weighted by Gasteiger charge is 2.23. The number of rotatable bonds is 5. The Bertz CT molecular complexity index is 789. The number of ether oxygens (including phenoxy) is 1. The second kappa shape index (κ2) is 8.37. The fourth-order valence-electron chi connectivity index (χ4n) is 3.31. The molecule has 1 aliphatic heterocycles. The Labute approximate surface area is 161 Å². The van der Waals surface area contributed by atoms with Crippen molar-refractivity contribution in [1.82, 2.24) is 14.9 Å². The average molecular weight is 368 g/mol. The van der Waals surface area contributed by atoms with E-state index in [-0.39, 0.29) is 12.0 Å². The Kier molecular flexibility index (Phi) is 5.94. The van der Waals surface area contributed by atoms with E-state index < -0.39 is 0 Å². The van der Waals surface area contributed by atoms with Gasteiger partial charge in [-0.15, -0.1) is 0 Å². The van der Waals surface area contributed by atoms with E-state index in [9.17, 15) is 4.79 Å². The lowest BCUT2D eigenvalue weighted by atomic mass is 10.00. The van der Waals surface area contributed by atoms with Crippen LogP contribution in [-0.2, 0) is 0 Å². The first-order valence-electron chi connectivity index (χ1n) is 9.59. The van der Waals surface area contributed by atoms with Crippen molar-refractivity contribution < 1.29 is 9.53 Å². The van der Waals surface area contributed by atoms with Crippen molar-refractivity contribution >= 4 is 17.4 Å². The average Bonchev–Trinajstić information content (AvgIpc) is 2.62. The van der Waals surface area contributed by atoms with E-state index in [0.717, 1.165) is 30.9 Å². The van der Waals surface area contributed by atoms with E-state index in [4.69, 9.17) is 4.74 Å². The highest BCUT2D eigenvalue weighted by molar-refractivity contribution is 5.93. The van der Waals surface area contributed by atoms with Crippen LogP contribution in [0, 0.1) is 12.8 Å². The molecule has 0 saturated carbocycles. The summed E-state index contributed by atoms with van der Waals surface area (Å²) in [4.78, 5) is 23.5. The maximum Gasteiger partial charge on any atom is 0.272 e. The van der Waals surface area contributed by atoms with Crippen molar-refractivity contribution in [2.45, 2.75) is 46.6 Å². The molecule has 1 aromatic carbocycles. The topological polar surface area (TPSA) is 67.4 Å². The number of likely N-dealkylation sites (tertiary alicyclic amines) is 1. The summed E-state index contributed by atoms with van der Waals surface area (Å²) in [6.07, 6.45) is 2.36. The lowest BCUT2D eigenvalue weighted by Crippen LogP contribution is -2.39. The number of nitrogens with one attached hydrogen (secondary N) is 1. The molecule has 1 aliphatic rings. The maximum absolute atomic E-state index is 12.8. The summed E-state index contributed by atoms with van der Waals surface area (Å²) in [6.45, 7) is 9.58. The molecule has 1 aromatic heterocycles. The summed E-state index contributed by atoms with van der Waals surface area (Å²) in [6, 6.07) is 9.42. The zero-order valence-electron chi connectivity index (χ0n) is 16.5. The number of anilines is 2. The summed E-state index contributed by atoms with van der Waals surface area (Å²) < 4.78 is 5.66. The van der Waals surface area contributed by atoms with E-state index in [1.165, 1.54) is 6.42 Å². The number of aromatic nitrogens is 2. The van der Waals surface area contributed by atoms with Gasteiger partial charge in [0.05, 0.1) is 6.10 Å². The molecule has 1 amide bonds. The van der Waals surface area contributed by atoms with Gasteiger partial charge in [-0.05, 0) is 63.8 Å². The molecule has 1 unspecified atom stereocenters. The predicted octanol–water partition coefficient (Wildman–Crippen LogP) is 4.19. The summed E-state index contributed by atoms with van der Waals surface area (Å²) in [5.41, 5.74) is 1.33. The quantitative estimate of drug-likeness (QED) is 0.857. The molecule has 6 nitrogen and oxygen atoms in total. The molecule has 1 fully saturated rings. The van der Waals surface area contributed by atoms with Crippen molar-refractivity contribution in [2.24, 2.45) is 5.92 Å². The van der Waals surface area contributed by atoms with Crippen LogP contribution in [0.2, 0.25) is 0 Å². The number of carbonyl (C=O) groups excluding carboxylic acids is 1. The van der Waals surface area contributed by atoms with Gasteiger partial charge in [-0.25, -0.2) is 9.97 Å². The van der Waals surface area contributed by atoms with Gasteiger partial charge in [-0.3, -0.25) is 4.79 Å². The van der Waals surface area contributed by atoms with Gasteiger partial charge < -0.3 is 15.0 Å². The molecular formula is C21H28N4O2. The maximum atomic E-state index is 12.8. The van der Waals surface area contributed by atoms with E-state index in [1.54, 1.807) is 13.0 Å². The molecule has 0 bridgehead atoms. The van der Waals surface area contributed by atoms with Crippen molar-refractivity contribution in [3.05, 3.63) is 41.9 Å². The Morgan fingerprint density at radius 1 is 1.26 bits per heavy atom. The highest BCUT2D eigenvalue weighted by atomic mass is 16.5. The summed E-state index contributed by atoms with van der Waals surface area (Å²) in [5, 5.41) is 3.25. The number of hydrogen-bond donors (Lipinski definition) is 1. The lowest BCUT2D eigenvalue weighted by Gasteiger charge is -2.30. The summed E-state index contributed by atoms with van der Waals surface area (Å²) in [7, 11) is 0. The van der Waals surface area contributed by atoms with Crippen molar-refractivity contribution in [3.63, 3.8) is 0 Å². The molecule has 2 heterocycles. The largest absolute Gasteiger partial charge is 0.491 e. The molecule has 0 aliphatic carbocycles. The van der Waals surface area contributed by atoms with E-state index in [2.05, 4.69) is 22.2 Å². The van der Waals surface area contributed by atoms with E-state index >= 15 is 0 Å². The molecule has 3 rings (SSSR count). The Hall–Kier alpha value is -2.63. The molecular weight excluding hydrogens is 340 g/mol. The molecule has 1 atom stereocenters. The summed E-state index contributed by atoms with van der Waals surface area (Å²) in [5.74, 6) is 2.54. The second-order valence-corrected chi connectivity index (χ2v) is 7.50. The lowest BCUT2D eigenvalue weighted by molar-refractivity contribution is 0.0676. The zero-order valence-corrected chi connectivity index (χ0v) is 16.5. The van der Waals surface area contributed by atoms with E-state index in [1.807, 2.05) is 43.0 Å². The first-order valence-corrected chi connectivity index (χ1v) is 9.59. The third-order valence-electron chi connectivity index (χ3n) is 4.50. The van der Waals surface area contributed by atoms with Gasteiger partial charge in [-0.2, -0.15) is 0 Å². The molecule has 1 saturated heterocycles. The van der Waals surface area contributed by atoms with Gasteiger partial charge in [0.1, 0.15) is 23.1 Å². The van der Waals surface area contributed by atoms with Crippen LogP contribution in [0.25, 0.3) is 0 Å². The molecule has 6 heteroatoms. The minimum atomic E-state index is -0.0178. The monoisotopic (exact) mass is 368 g/mol. The fraction of sp³-hybridized carbons (Fsp3) is 0.476. The molecule has 144 valence electrons. The third kappa shape index (κ3) is 5.18. The third-order valence-corrected chi connectivity index (χ3v) is 4.50. The molecule has 1 N–H and O–H groups in total. The zero-order chi connectivity index (χ0) is 19.4. The van der Waals surface area contributed by atoms with Crippen LogP contribution in [0.4, 0.5) is 11.5 Å². The van der Waals surface area contributed by atoms with Gasteiger partial charge >= 0.3 is 0 Å². The van der Waals surface area contributed by atoms with Crippen LogP contribution < -0.4 is 10.1 Å². The SMILES string of the molecule is Cc1nc(Nc2ccc(OC(C)C)cc2)cc(C(=O)N2CCCC(C)C2)n1. The Morgan fingerprint density at radius 3 is 2.67 bits per heavy atom. The van der Waals surface area contributed by atoms with Gasteiger partial charge in [0.25, 0.3) is 5.91 Å². The number of amides is 1. The van der Waals surface area contributed by atoms with Gasteiger partial charge in [0, 0.05) is 24.8 Å². The minimum absolute atomic E-state index is 0.0178. The normalized spacial score (nSPS) is 17.1. The van der Waals surface area contributed by atoms with Crippen LogP contribution in [0.3, 0.4) is 0 Å². The summed E-state index contributed by atoms with van der Waals surface area (Å²) >= 11 is 0. The highest BCUT2D eigenvalue weighted by Crippen LogP contribution is 2.22. The van der Waals surface area contributed by atoms with Crippen LogP contribution >= 0.6 is 0 Å². The van der Waals surface area contributed by atoms with Crippen LogP contribution in [0.1, 0.15) is 49.9 Å². The first-order chi connectivity index (χ1) is 12.9. The second-order valence-electron chi connectivity index (χ2n) is 7.50. The smallest absolute Gasteiger partial charge is 0.272 e. The molecule has 2 aromatic rings. The van der Waals surface area contributed by atoms with Crippen molar-refractivity contribution in [3.8, 4) is 5.75 Å². The number of benzene rings is 1. The predicted molar refractivity (Wildman–Crippen MR) is 107 cm³/mol. The molecule has 0 radical (unpaired) electrons. The number of nitrogens with zero attached hydrogens (tertiary/aromatic N) is 3. The first kappa shape index (κ1) is 19.1. The van der Waals surface area contributed by atoms with Crippen LogP contribution in [-0.4, -0.2) is 40.0 Å². The number of aryl methyl sites for hydroxylation is 1. The number of carbonyl (C=O) groups is 1. The number of hydrogen-bond acceptors (Lipinski definition) is 5. The Balaban J connectivity index is 1.74. The van der Waals surface area contributed by atoms with Gasteiger partial charge in [0.2, 0.25) is 0 Å². The standard InChI is InChI=1S/C21H28N4O2/c1-14(2)27-18-9-7-17(8-10-18)24-20-12-19(22-16(4)23-20)21(26)25-11-5-6-15(3)13-25/h7-10,12,14-15H,5-6,11,13H2,1-4H3,(H,22,23,24). The number of piperidine rings is 1. The molecule has 0 spiro atoms. The van der Waals surface area contributed by atoms with Crippen molar-refractivity contribution in [2.75, 3.05) is 18.4 Å².